The minimum absolute atomic E-state index is 0.107. The van der Waals surface area contributed by atoms with Crippen molar-refractivity contribution >= 4 is 17.2 Å². The van der Waals surface area contributed by atoms with Crippen molar-refractivity contribution < 1.29 is 14.3 Å². The number of ether oxygens (including phenoxy) is 2. The Hall–Kier alpha value is -2.75. The van der Waals surface area contributed by atoms with Gasteiger partial charge in [0.1, 0.15) is 13.2 Å². The molecule has 1 aliphatic heterocycles. The molecular weight excluding hydrogens is 362 g/mol. The molecule has 0 saturated carbocycles. The standard InChI is InChI=1S/C25H31NO3/c1-17(2)14-19(18-6-8-20(9-7-18)25(3,4)5)15-24(27)26-21-10-11-22-23(16-21)29-13-12-28-22/h6-11,15-17H,12-14H2,1-5H3,(H,26,27)/b19-15+. The molecule has 154 valence electrons. The fraction of sp³-hybridized carbons (Fsp3) is 0.400. The lowest BCUT2D eigenvalue weighted by atomic mass is 9.85. The smallest absolute Gasteiger partial charge is 0.248 e. The van der Waals surface area contributed by atoms with Crippen LogP contribution in [0.3, 0.4) is 0 Å². The van der Waals surface area contributed by atoms with Crippen LogP contribution < -0.4 is 14.8 Å². The second-order valence-corrected chi connectivity index (χ2v) is 8.94. The zero-order valence-electron chi connectivity index (χ0n) is 18.0. The summed E-state index contributed by atoms with van der Waals surface area (Å²) in [7, 11) is 0. The number of anilines is 1. The van der Waals surface area contributed by atoms with Gasteiger partial charge in [0, 0.05) is 17.8 Å². The van der Waals surface area contributed by atoms with E-state index in [1.807, 2.05) is 12.1 Å². The molecule has 1 heterocycles. The van der Waals surface area contributed by atoms with E-state index in [1.165, 1.54) is 5.56 Å². The van der Waals surface area contributed by atoms with Gasteiger partial charge in [-0.25, -0.2) is 0 Å². The highest BCUT2D eigenvalue weighted by Gasteiger charge is 2.15. The van der Waals surface area contributed by atoms with Gasteiger partial charge in [-0.15, -0.1) is 0 Å². The first-order valence-corrected chi connectivity index (χ1v) is 10.2. The minimum atomic E-state index is -0.141. The fourth-order valence-corrected chi connectivity index (χ4v) is 3.34. The molecule has 29 heavy (non-hydrogen) atoms. The van der Waals surface area contributed by atoms with E-state index in [4.69, 9.17) is 9.47 Å². The van der Waals surface area contributed by atoms with Gasteiger partial charge in [-0.1, -0.05) is 58.9 Å². The van der Waals surface area contributed by atoms with E-state index in [9.17, 15) is 4.79 Å². The summed E-state index contributed by atoms with van der Waals surface area (Å²) in [6, 6.07) is 14.0. The van der Waals surface area contributed by atoms with Crippen LogP contribution in [-0.4, -0.2) is 19.1 Å². The number of carbonyl (C=O) groups is 1. The topological polar surface area (TPSA) is 47.6 Å². The van der Waals surface area contributed by atoms with Crippen LogP contribution >= 0.6 is 0 Å². The number of fused-ring (bicyclic) bond motifs is 1. The molecule has 1 amide bonds. The molecule has 2 aromatic rings. The van der Waals surface area contributed by atoms with Crippen LogP contribution in [-0.2, 0) is 10.2 Å². The molecule has 0 saturated heterocycles. The largest absolute Gasteiger partial charge is 0.486 e. The first-order chi connectivity index (χ1) is 13.7. The Kier molecular flexibility index (Phi) is 6.31. The van der Waals surface area contributed by atoms with E-state index < -0.39 is 0 Å². The summed E-state index contributed by atoms with van der Waals surface area (Å²) in [6.45, 7) is 12.0. The molecule has 0 aliphatic carbocycles. The lowest BCUT2D eigenvalue weighted by Gasteiger charge is -2.20. The molecular formula is C25H31NO3. The van der Waals surface area contributed by atoms with E-state index in [2.05, 4.69) is 64.2 Å². The van der Waals surface area contributed by atoms with Crippen molar-refractivity contribution in [3.8, 4) is 11.5 Å². The second kappa shape index (κ2) is 8.73. The molecule has 0 fully saturated rings. The SMILES string of the molecule is CC(C)C/C(=C\C(=O)Nc1ccc2c(c1)OCCO2)c1ccc(C(C)(C)C)cc1. The van der Waals surface area contributed by atoms with E-state index >= 15 is 0 Å². The first-order valence-electron chi connectivity index (χ1n) is 10.2. The number of benzene rings is 2. The van der Waals surface area contributed by atoms with Gasteiger partial charge in [-0.3, -0.25) is 4.79 Å². The van der Waals surface area contributed by atoms with Gasteiger partial charge in [0.25, 0.3) is 0 Å². The Balaban J connectivity index is 1.80. The summed E-state index contributed by atoms with van der Waals surface area (Å²) < 4.78 is 11.1. The number of hydrogen-bond acceptors (Lipinski definition) is 3. The maximum absolute atomic E-state index is 12.7. The summed E-state index contributed by atoms with van der Waals surface area (Å²) in [6.07, 6.45) is 2.55. The summed E-state index contributed by atoms with van der Waals surface area (Å²) >= 11 is 0. The fourth-order valence-electron chi connectivity index (χ4n) is 3.34. The lowest BCUT2D eigenvalue weighted by Crippen LogP contribution is -2.16. The van der Waals surface area contributed by atoms with Crippen LogP contribution in [0.25, 0.3) is 5.57 Å². The summed E-state index contributed by atoms with van der Waals surface area (Å²) in [4.78, 5) is 12.7. The van der Waals surface area contributed by atoms with Crippen molar-refractivity contribution in [3.63, 3.8) is 0 Å². The lowest BCUT2D eigenvalue weighted by molar-refractivity contribution is -0.111. The van der Waals surface area contributed by atoms with Crippen molar-refractivity contribution in [1.82, 2.24) is 0 Å². The van der Waals surface area contributed by atoms with Crippen molar-refractivity contribution in [2.24, 2.45) is 5.92 Å². The van der Waals surface area contributed by atoms with Crippen LogP contribution in [0.2, 0.25) is 0 Å². The van der Waals surface area contributed by atoms with Gasteiger partial charge in [0.05, 0.1) is 0 Å². The predicted molar refractivity (Wildman–Crippen MR) is 119 cm³/mol. The van der Waals surface area contributed by atoms with E-state index in [1.54, 1.807) is 12.1 Å². The van der Waals surface area contributed by atoms with E-state index in [0.29, 0.717) is 36.3 Å². The number of hydrogen-bond donors (Lipinski definition) is 1. The Labute approximate surface area is 173 Å². The van der Waals surface area contributed by atoms with Gasteiger partial charge in [0.2, 0.25) is 5.91 Å². The van der Waals surface area contributed by atoms with Crippen molar-refractivity contribution in [2.75, 3.05) is 18.5 Å². The predicted octanol–water partition coefficient (Wildman–Crippen LogP) is 5.82. The molecule has 0 atom stereocenters. The second-order valence-electron chi connectivity index (χ2n) is 8.94. The van der Waals surface area contributed by atoms with Crippen LogP contribution in [0, 0.1) is 5.92 Å². The Morgan fingerprint density at radius 3 is 2.31 bits per heavy atom. The Morgan fingerprint density at radius 2 is 1.69 bits per heavy atom. The minimum Gasteiger partial charge on any atom is -0.486 e. The number of rotatable bonds is 5. The number of nitrogens with one attached hydrogen (secondary N) is 1. The molecule has 2 aromatic carbocycles. The van der Waals surface area contributed by atoms with Gasteiger partial charge in [0.15, 0.2) is 11.5 Å². The molecule has 0 unspecified atom stereocenters. The average Bonchev–Trinajstić information content (AvgIpc) is 2.66. The molecule has 0 radical (unpaired) electrons. The molecule has 4 nitrogen and oxygen atoms in total. The Morgan fingerprint density at radius 1 is 1.03 bits per heavy atom. The molecule has 4 heteroatoms. The monoisotopic (exact) mass is 393 g/mol. The van der Waals surface area contributed by atoms with Gasteiger partial charge in [-0.2, -0.15) is 0 Å². The molecule has 1 aliphatic rings. The highest BCUT2D eigenvalue weighted by Crippen LogP contribution is 2.33. The normalized spacial score (nSPS) is 14.1. The number of allylic oxidation sites excluding steroid dienone is 1. The van der Waals surface area contributed by atoms with Gasteiger partial charge < -0.3 is 14.8 Å². The number of amides is 1. The van der Waals surface area contributed by atoms with Crippen molar-refractivity contribution in [1.29, 1.82) is 0 Å². The maximum Gasteiger partial charge on any atom is 0.248 e. The molecule has 3 rings (SSSR count). The molecule has 0 bridgehead atoms. The highest BCUT2D eigenvalue weighted by atomic mass is 16.6. The molecule has 1 N–H and O–H groups in total. The zero-order chi connectivity index (χ0) is 21.0. The van der Waals surface area contributed by atoms with Crippen LogP contribution in [0.15, 0.2) is 48.5 Å². The summed E-state index contributed by atoms with van der Waals surface area (Å²) in [5, 5.41) is 2.95. The number of carbonyl (C=O) groups excluding carboxylic acids is 1. The maximum atomic E-state index is 12.7. The van der Waals surface area contributed by atoms with E-state index in [-0.39, 0.29) is 11.3 Å². The molecule has 0 aromatic heterocycles. The first kappa shape index (κ1) is 21.0. The quantitative estimate of drug-likeness (QED) is 0.651. The summed E-state index contributed by atoms with van der Waals surface area (Å²) in [5.74, 6) is 1.69. The third-order valence-corrected chi connectivity index (χ3v) is 4.86. The third-order valence-electron chi connectivity index (χ3n) is 4.86. The van der Waals surface area contributed by atoms with Crippen LogP contribution in [0.4, 0.5) is 5.69 Å². The zero-order valence-corrected chi connectivity index (χ0v) is 18.0. The summed E-state index contributed by atoms with van der Waals surface area (Å²) in [5.41, 5.74) is 4.21. The average molecular weight is 394 g/mol. The Bertz CT molecular complexity index is 889. The van der Waals surface area contributed by atoms with Crippen LogP contribution in [0.5, 0.6) is 11.5 Å². The van der Waals surface area contributed by atoms with Crippen molar-refractivity contribution in [3.05, 3.63) is 59.7 Å². The van der Waals surface area contributed by atoms with Crippen LogP contribution in [0.1, 0.15) is 52.2 Å². The van der Waals surface area contributed by atoms with Gasteiger partial charge in [-0.05, 0) is 46.6 Å². The van der Waals surface area contributed by atoms with Crippen molar-refractivity contribution in [2.45, 2.75) is 46.5 Å². The van der Waals surface area contributed by atoms with Gasteiger partial charge >= 0.3 is 0 Å². The highest BCUT2D eigenvalue weighted by molar-refractivity contribution is 6.04. The third kappa shape index (κ3) is 5.63. The molecule has 0 spiro atoms. The van der Waals surface area contributed by atoms with E-state index in [0.717, 1.165) is 17.6 Å².